The Morgan fingerprint density at radius 2 is 2.22 bits per heavy atom. The summed E-state index contributed by atoms with van der Waals surface area (Å²) in [7, 11) is 0. The van der Waals surface area contributed by atoms with Crippen LogP contribution in [0.5, 0.6) is 5.75 Å². The van der Waals surface area contributed by atoms with Gasteiger partial charge in [0.05, 0.1) is 24.2 Å². The molecule has 23 heavy (non-hydrogen) atoms. The van der Waals surface area contributed by atoms with Crippen LogP contribution in [0.25, 0.3) is 0 Å². The van der Waals surface area contributed by atoms with Gasteiger partial charge in [-0.05, 0) is 19.1 Å². The molecule has 0 saturated carbocycles. The van der Waals surface area contributed by atoms with E-state index in [1.807, 2.05) is 0 Å². The van der Waals surface area contributed by atoms with Gasteiger partial charge in [-0.25, -0.2) is 0 Å². The van der Waals surface area contributed by atoms with Crippen LogP contribution in [-0.2, 0) is 14.3 Å². The van der Waals surface area contributed by atoms with Crippen molar-refractivity contribution >= 4 is 35.1 Å². The highest BCUT2D eigenvalue weighted by atomic mass is 35.5. The molecule has 126 valence electrons. The zero-order chi connectivity index (χ0) is 17.0. The van der Waals surface area contributed by atoms with Crippen LogP contribution in [0, 0.1) is 0 Å². The van der Waals surface area contributed by atoms with Gasteiger partial charge in [0, 0.05) is 13.1 Å². The molecule has 0 bridgehead atoms. The Kier molecular flexibility index (Phi) is 6.10. The third-order valence-corrected chi connectivity index (χ3v) is 4.22. The van der Waals surface area contributed by atoms with E-state index in [0.29, 0.717) is 23.9 Å². The molecule has 1 fully saturated rings. The predicted molar refractivity (Wildman–Crippen MR) is 85.1 cm³/mol. The number of ether oxygens (including phenoxy) is 2. The molecule has 8 heteroatoms. The van der Waals surface area contributed by atoms with Gasteiger partial charge < -0.3 is 19.5 Å². The molecule has 0 unspecified atom stereocenters. The van der Waals surface area contributed by atoms with Gasteiger partial charge in [-0.3, -0.25) is 9.59 Å². The van der Waals surface area contributed by atoms with Gasteiger partial charge in [-0.1, -0.05) is 29.3 Å². The Morgan fingerprint density at radius 3 is 2.91 bits per heavy atom. The predicted octanol–water partition coefficient (Wildman–Crippen LogP) is 2.46. The lowest BCUT2D eigenvalue weighted by molar-refractivity contribution is -0.151. The molecule has 1 N–H and O–H groups in total. The maximum atomic E-state index is 12.5. The smallest absolute Gasteiger partial charge is 0.306 e. The lowest BCUT2D eigenvalue weighted by Crippen LogP contribution is -2.50. The van der Waals surface area contributed by atoms with Gasteiger partial charge in [0.15, 0.2) is 6.10 Å². The summed E-state index contributed by atoms with van der Waals surface area (Å²) in [5, 5.41) is 9.41. The molecular formula is C15H17Cl2NO5. The summed E-state index contributed by atoms with van der Waals surface area (Å²) in [6.07, 6.45) is -1.42. The highest BCUT2D eigenvalue weighted by Crippen LogP contribution is 2.32. The number of halogens is 2. The number of benzene rings is 1. The van der Waals surface area contributed by atoms with Crippen molar-refractivity contribution in [3.05, 3.63) is 28.2 Å². The molecule has 2 rings (SSSR count). The zero-order valence-electron chi connectivity index (χ0n) is 12.5. The van der Waals surface area contributed by atoms with Gasteiger partial charge in [0.1, 0.15) is 10.8 Å². The quantitative estimate of drug-likeness (QED) is 0.871. The zero-order valence-corrected chi connectivity index (χ0v) is 14.0. The minimum Gasteiger partial charge on any atom is -0.481 e. The second-order valence-corrected chi connectivity index (χ2v) is 5.97. The second kappa shape index (κ2) is 7.86. The van der Waals surface area contributed by atoms with E-state index in [2.05, 4.69) is 0 Å². The number of carboxylic acid groups (broad SMARTS) is 1. The summed E-state index contributed by atoms with van der Waals surface area (Å²) in [6.45, 7) is 2.53. The van der Waals surface area contributed by atoms with Gasteiger partial charge >= 0.3 is 5.97 Å². The summed E-state index contributed by atoms with van der Waals surface area (Å²) in [6, 6.07) is 4.94. The van der Waals surface area contributed by atoms with E-state index in [1.165, 1.54) is 0 Å². The van der Waals surface area contributed by atoms with Crippen molar-refractivity contribution in [2.45, 2.75) is 25.6 Å². The van der Waals surface area contributed by atoms with Crippen molar-refractivity contribution in [2.75, 3.05) is 19.7 Å². The number of nitrogens with zero attached hydrogens (tertiary/aromatic N) is 1. The number of hydrogen-bond acceptors (Lipinski definition) is 4. The molecule has 1 heterocycles. The lowest BCUT2D eigenvalue weighted by atomic mass is 10.2. The fraction of sp³-hybridized carbons (Fsp3) is 0.467. The number of amides is 1. The third kappa shape index (κ3) is 4.73. The van der Waals surface area contributed by atoms with Gasteiger partial charge in [-0.15, -0.1) is 0 Å². The summed E-state index contributed by atoms with van der Waals surface area (Å²) < 4.78 is 10.9. The number of aliphatic carboxylic acids is 1. The van der Waals surface area contributed by atoms with Crippen molar-refractivity contribution in [1.29, 1.82) is 0 Å². The van der Waals surface area contributed by atoms with Crippen molar-refractivity contribution < 1.29 is 24.2 Å². The number of carbonyl (C=O) groups is 2. The van der Waals surface area contributed by atoms with Crippen molar-refractivity contribution in [2.24, 2.45) is 0 Å². The largest absolute Gasteiger partial charge is 0.481 e. The van der Waals surface area contributed by atoms with E-state index in [4.69, 9.17) is 37.8 Å². The fourth-order valence-corrected chi connectivity index (χ4v) is 2.65. The number of morpholine rings is 1. The van der Waals surface area contributed by atoms with E-state index < -0.39 is 18.2 Å². The van der Waals surface area contributed by atoms with Crippen LogP contribution < -0.4 is 4.74 Å². The molecule has 2 atom stereocenters. The molecule has 1 aromatic carbocycles. The number of rotatable bonds is 5. The number of hydrogen-bond donors (Lipinski definition) is 1. The van der Waals surface area contributed by atoms with Gasteiger partial charge in [0.2, 0.25) is 0 Å². The lowest BCUT2D eigenvalue weighted by Gasteiger charge is -2.33. The Bertz CT molecular complexity index is 595. The molecule has 6 nitrogen and oxygen atoms in total. The van der Waals surface area contributed by atoms with E-state index in [0.717, 1.165) is 0 Å². The normalized spacial score (nSPS) is 19.3. The molecule has 0 spiro atoms. The minimum absolute atomic E-state index is 0.140. The maximum absolute atomic E-state index is 12.5. The van der Waals surface area contributed by atoms with Crippen molar-refractivity contribution in [3.8, 4) is 5.75 Å². The van der Waals surface area contributed by atoms with E-state index >= 15 is 0 Å². The van der Waals surface area contributed by atoms with Gasteiger partial charge in [-0.2, -0.15) is 0 Å². The van der Waals surface area contributed by atoms with E-state index in [1.54, 1.807) is 30.0 Å². The Hall–Kier alpha value is -1.50. The monoisotopic (exact) mass is 361 g/mol. The van der Waals surface area contributed by atoms with Crippen LogP contribution in [0.15, 0.2) is 18.2 Å². The van der Waals surface area contributed by atoms with Crippen LogP contribution in [-0.4, -0.2) is 53.8 Å². The van der Waals surface area contributed by atoms with Crippen molar-refractivity contribution in [1.82, 2.24) is 4.90 Å². The van der Waals surface area contributed by atoms with Crippen LogP contribution in [0.1, 0.15) is 13.3 Å². The summed E-state index contributed by atoms with van der Waals surface area (Å²) in [4.78, 5) is 24.7. The topological polar surface area (TPSA) is 76.1 Å². The fourth-order valence-electron chi connectivity index (χ4n) is 2.31. The number of carboxylic acids is 1. The standard InChI is InChI=1S/C15H17Cl2NO5/c1-9(23-12-4-2-3-11(16)14(12)17)15(21)18-5-6-22-10(8-18)7-13(19)20/h2-4,9-10H,5-8H2,1H3,(H,19,20)/t9-,10-/m1/s1. The third-order valence-electron chi connectivity index (χ3n) is 3.42. The highest BCUT2D eigenvalue weighted by Gasteiger charge is 2.29. The first-order valence-corrected chi connectivity index (χ1v) is 7.87. The van der Waals surface area contributed by atoms with Crippen LogP contribution in [0.4, 0.5) is 0 Å². The van der Waals surface area contributed by atoms with Crippen molar-refractivity contribution in [3.63, 3.8) is 0 Å². The molecule has 1 aliphatic rings. The van der Waals surface area contributed by atoms with Gasteiger partial charge in [0.25, 0.3) is 5.91 Å². The minimum atomic E-state index is -0.959. The first kappa shape index (κ1) is 17.8. The Balaban J connectivity index is 1.98. The summed E-state index contributed by atoms with van der Waals surface area (Å²) >= 11 is 12.0. The molecule has 0 aromatic heterocycles. The van der Waals surface area contributed by atoms with Crippen LogP contribution in [0.3, 0.4) is 0 Å². The van der Waals surface area contributed by atoms with Crippen LogP contribution in [0.2, 0.25) is 10.0 Å². The summed E-state index contributed by atoms with van der Waals surface area (Å²) in [5.41, 5.74) is 0. The molecule has 1 aromatic rings. The average Bonchev–Trinajstić information content (AvgIpc) is 2.50. The second-order valence-electron chi connectivity index (χ2n) is 5.19. The Morgan fingerprint density at radius 1 is 1.48 bits per heavy atom. The molecule has 0 radical (unpaired) electrons. The van der Waals surface area contributed by atoms with Crippen LogP contribution >= 0.6 is 23.2 Å². The first-order chi connectivity index (χ1) is 10.9. The first-order valence-electron chi connectivity index (χ1n) is 7.11. The molecular weight excluding hydrogens is 345 g/mol. The van der Waals surface area contributed by atoms with E-state index in [-0.39, 0.29) is 23.9 Å². The highest BCUT2D eigenvalue weighted by molar-refractivity contribution is 6.42. The maximum Gasteiger partial charge on any atom is 0.306 e. The molecule has 1 aliphatic heterocycles. The average molecular weight is 362 g/mol. The molecule has 1 saturated heterocycles. The van der Waals surface area contributed by atoms with E-state index in [9.17, 15) is 9.59 Å². The Labute approximate surface area is 143 Å². The summed E-state index contributed by atoms with van der Waals surface area (Å²) in [5.74, 6) is -0.880. The molecule has 1 amide bonds. The SMILES string of the molecule is C[C@@H](Oc1cccc(Cl)c1Cl)C(=O)N1CCO[C@H](CC(=O)O)C1. The molecule has 0 aliphatic carbocycles. The number of carbonyl (C=O) groups excluding carboxylic acids is 1.